The van der Waals surface area contributed by atoms with Gasteiger partial charge in [-0.15, -0.1) is 0 Å². The fourth-order valence-corrected chi connectivity index (χ4v) is 2.48. The molecule has 0 spiro atoms. The highest BCUT2D eigenvalue weighted by molar-refractivity contribution is 5.42. The lowest BCUT2D eigenvalue weighted by atomic mass is 10.2. The van der Waals surface area contributed by atoms with Crippen LogP contribution in [0.4, 0.5) is 5.82 Å². The lowest BCUT2D eigenvalue weighted by Crippen LogP contribution is -2.29. The molecule has 0 aliphatic carbocycles. The molecule has 4 nitrogen and oxygen atoms in total. The average Bonchev–Trinajstić information content (AvgIpc) is 2.88. The van der Waals surface area contributed by atoms with Crippen LogP contribution in [0.2, 0.25) is 0 Å². The van der Waals surface area contributed by atoms with E-state index >= 15 is 0 Å². The van der Waals surface area contributed by atoms with Crippen LogP contribution in [0.3, 0.4) is 0 Å². The number of nitrogens with zero attached hydrogens (tertiary/aromatic N) is 2. The molecule has 1 aromatic heterocycles. The minimum atomic E-state index is 0.365. The van der Waals surface area contributed by atoms with Crippen LogP contribution in [-0.4, -0.2) is 37.8 Å². The summed E-state index contributed by atoms with van der Waals surface area (Å²) in [7, 11) is 2.10. The van der Waals surface area contributed by atoms with E-state index in [0.29, 0.717) is 6.10 Å². The zero-order valence-electron chi connectivity index (χ0n) is 12.3. The largest absolute Gasteiger partial charge is 0.376 e. The molecular weight excluding hydrogens is 238 g/mol. The van der Waals surface area contributed by atoms with Gasteiger partial charge in [0, 0.05) is 32.4 Å². The molecule has 106 valence electrons. The molecule has 0 bridgehead atoms. The van der Waals surface area contributed by atoms with E-state index < -0.39 is 0 Å². The van der Waals surface area contributed by atoms with Gasteiger partial charge in [0.2, 0.25) is 0 Å². The third-order valence-corrected chi connectivity index (χ3v) is 3.47. The molecule has 4 heteroatoms. The molecule has 1 unspecified atom stereocenters. The van der Waals surface area contributed by atoms with Crippen molar-refractivity contribution in [3.8, 4) is 0 Å². The van der Waals surface area contributed by atoms with Gasteiger partial charge in [-0.25, -0.2) is 4.98 Å². The third-order valence-electron chi connectivity index (χ3n) is 3.47. The quantitative estimate of drug-likeness (QED) is 0.853. The van der Waals surface area contributed by atoms with Gasteiger partial charge in [0.25, 0.3) is 0 Å². The second kappa shape index (κ2) is 6.87. The molecule has 1 aromatic rings. The molecule has 2 heterocycles. The Morgan fingerprint density at radius 3 is 3.00 bits per heavy atom. The van der Waals surface area contributed by atoms with Crippen molar-refractivity contribution in [3.63, 3.8) is 0 Å². The van der Waals surface area contributed by atoms with E-state index in [0.717, 1.165) is 37.8 Å². The van der Waals surface area contributed by atoms with E-state index in [2.05, 4.69) is 48.2 Å². The average molecular weight is 263 g/mol. The van der Waals surface area contributed by atoms with Crippen molar-refractivity contribution in [2.45, 2.75) is 39.3 Å². The highest BCUT2D eigenvalue weighted by Gasteiger charge is 2.18. The van der Waals surface area contributed by atoms with Crippen molar-refractivity contribution >= 4 is 5.82 Å². The van der Waals surface area contributed by atoms with E-state index in [-0.39, 0.29) is 0 Å². The molecule has 19 heavy (non-hydrogen) atoms. The van der Waals surface area contributed by atoms with Crippen LogP contribution in [-0.2, 0) is 11.3 Å². The molecule has 1 aliphatic heterocycles. The van der Waals surface area contributed by atoms with E-state index in [1.165, 1.54) is 18.4 Å². The molecule has 1 atom stereocenters. The topological polar surface area (TPSA) is 37.4 Å². The van der Waals surface area contributed by atoms with Gasteiger partial charge in [-0.05, 0) is 44.0 Å². The number of rotatable bonds is 6. The molecule has 2 rings (SSSR count). The van der Waals surface area contributed by atoms with Crippen molar-refractivity contribution in [3.05, 3.63) is 23.4 Å². The first-order valence-corrected chi connectivity index (χ1v) is 7.20. The first-order chi connectivity index (χ1) is 9.19. The van der Waals surface area contributed by atoms with Crippen LogP contribution in [0.5, 0.6) is 0 Å². The summed E-state index contributed by atoms with van der Waals surface area (Å²) < 4.78 is 5.69. The standard InChI is InChI=1S/C15H25N3O/c1-4-16-10-13-8-12(2)17-15(9-13)18(3)11-14-6-5-7-19-14/h8-9,14,16H,4-7,10-11H2,1-3H3. The van der Waals surface area contributed by atoms with Crippen LogP contribution in [0.25, 0.3) is 0 Å². The molecule has 0 aromatic carbocycles. The van der Waals surface area contributed by atoms with Crippen molar-refractivity contribution in [2.75, 3.05) is 31.6 Å². The zero-order chi connectivity index (χ0) is 13.7. The Morgan fingerprint density at radius 2 is 2.32 bits per heavy atom. The summed E-state index contributed by atoms with van der Waals surface area (Å²) in [5.74, 6) is 1.04. The number of anilines is 1. The van der Waals surface area contributed by atoms with Gasteiger partial charge in [0.05, 0.1) is 6.10 Å². The number of hydrogen-bond donors (Lipinski definition) is 1. The zero-order valence-corrected chi connectivity index (χ0v) is 12.3. The Balaban J connectivity index is 2.02. The van der Waals surface area contributed by atoms with Gasteiger partial charge >= 0.3 is 0 Å². The number of aryl methyl sites for hydroxylation is 1. The molecule has 1 fully saturated rings. The van der Waals surface area contributed by atoms with Gasteiger partial charge in [-0.1, -0.05) is 6.92 Å². The van der Waals surface area contributed by atoms with Crippen LogP contribution in [0.15, 0.2) is 12.1 Å². The molecule has 0 amide bonds. The second-order valence-corrected chi connectivity index (χ2v) is 5.27. The van der Waals surface area contributed by atoms with Crippen molar-refractivity contribution in [2.24, 2.45) is 0 Å². The number of nitrogens with one attached hydrogen (secondary N) is 1. The SMILES string of the molecule is CCNCc1cc(C)nc(N(C)CC2CCCO2)c1. The summed E-state index contributed by atoms with van der Waals surface area (Å²) in [6, 6.07) is 4.32. The predicted octanol–water partition coefficient (Wildman–Crippen LogP) is 2.11. The molecule has 1 aliphatic rings. The summed E-state index contributed by atoms with van der Waals surface area (Å²) in [5, 5.41) is 3.36. The maximum Gasteiger partial charge on any atom is 0.128 e. The van der Waals surface area contributed by atoms with Crippen molar-refractivity contribution in [1.29, 1.82) is 0 Å². The summed E-state index contributed by atoms with van der Waals surface area (Å²) in [6.07, 6.45) is 2.72. The van der Waals surface area contributed by atoms with Gasteiger partial charge in [-0.2, -0.15) is 0 Å². The lowest BCUT2D eigenvalue weighted by Gasteiger charge is -2.22. The van der Waals surface area contributed by atoms with Crippen LogP contribution >= 0.6 is 0 Å². The highest BCUT2D eigenvalue weighted by atomic mass is 16.5. The molecule has 1 N–H and O–H groups in total. The van der Waals surface area contributed by atoms with Gasteiger partial charge < -0.3 is 15.0 Å². The number of hydrogen-bond acceptors (Lipinski definition) is 4. The monoisotopic (exact) mass is 263 g/mol. The number of ether oxygens (including phenoxy) is 1. The second-order valence-electron chi connectivity index (χ2n) is 5.27. The van der Waals surface area contributed by atoms with Crippen LogP contribution in [0, 0.1) is 6.92 Å². The molecule has 0 saturated carbocycles. The normalized spacial score (nSPS) is 18.8. The van der Waals surface area contributed by atoms with E-state index in [1.54, 1.807) is 0 Å². The van der Waals surface area contributed by atoms with E-state index in [9.17, 15) is 0 Å². The number of pyridine rings is 1. The minimum absolute atomic E-state index is 0.365. The van der Waals surface area contributed by atoms with Crippen LogP contribution < -0.4 is 10.2 Å². The van der Waals surface area contributed by atoms with Crippen molar-refractivity contribution < 1.29 is 4.74 Å². The Labute approximate surface area is 116 Å². The van der Waals surface area contributed by atoms with Gasteiger partial charge in [0.1, 0.15) is 5.82 Å². The summed E-state index contributed by atoms with van der Waals surface area (Å²) in [6.45, 7) is 7.91. The van der Waals surface area contributed by atoms with Crippen molar-refractivity contribution in [1.82, 2.24) is 10.3 Å². The van der Waals surface area contributed by atoms with Gasteiger partial charge in [-0.3, -0.25) is 0 Å². The summed E-state index contributed by atoms with van der Waals surface area (Å²) in [4.78, 5) is 6.83. The first kappa shape index (κ1) is 14.3. The van der Waals surface area contributed by atoms with E-state index in [4.69, 9.17) is 4.74 Å². The fourth-order valence-electron chi connectivity index (χ4n) is 2.48. The maximum absolute atomic E-state index is 5.69. The predicted molar refractivity (Wildman–Crippen MR) is 78.6 cm³/mol. The fraction of sp³-hybridized carbons (Fsp3) is 0.667. The van der Waals surface area contributed by atoms with Gasteiger partial charge in [0.15, 0.2) is 0 Å². The summed E-state index contributed by atoms with van der Waals surface area (Å²) >= 11 is 0. The maximum atomic E-state index is 5.69. The Kier molecular flexibility index (Phi) is 5.16. The number of aromatic nitrogens is 1. The molecule has 1 saturated heterocycles. The van der Waals surface area contributed by atoms with E-state index in [1.807, 2.05) is 0 Å². The lowest BCUT2D eigenvalue weighted by molar-refractivity contribution is 0.116. The highest BCUT2D eigenvalue weighted by Crippen LogP contribution is 2.18. The Hall–Kier alpha value is -1.13. The summed E-state index contributed by atoms with van der Waals surface area (Å²) in [5.41, 5.74) is 2.37. The third kappa shape index (κ3) is 4.18. The first-order valence-electron chi connectivity index (χ1n) is 7.20. The smallest absolute Gasteiger partial charge is 0.128 e. The Bertz CT molecular complexity index is 402. The molecular formula is C15H25N3O. The number of likely N-dealkylation sites (N-methyl/N-ethyl adjacent to an activating group) is 1. The van der Waals surface area contributed by atoms with Crippen LogP contribution in [0.1, 0.15) is 31.0 Å². The minimum Gasteiger partial charge on any atom is -0.376 e. The molecule has 0 radical (unpaired) electrons. The Morgan fingerprint density at radius 1 is 1.47 bits per heavy atom.